The summed E-state index contributed by atoms with van der Waals surface area (Å²) >= 11 is 0. The molecule has 1 heterocycles. The van der Waals surface area contributed by atoms with Crippen LogP contribution < -0.4 is 10.9 Å². The maximum atomic E-state index is 13.2. The van der Waals surface area contributed by atoms with E-state index >= 15 is 0 Å². The number of hydrogen-bond donors (Lipinski definition) is 1. The van der Waals surface area contributed by atoms with E-state index in [-0.39, 0.29) is 17.2 Å². The van der Waals surface area contributed by atoms with Gasteiger partial charge >= 0.3 is 0 Å². The second-order valence-electron chi connectivity index (χ2n) is 7.93. The van der Waals surface area contributed by atoms with Crippen molar-refractivity contribution in [3.63, 3.8) is 0 Å². The lowest BCUT2D eigenvalue weighted by Crippen LogP contribution is -2.37. The van der Waals surface area contributed by atoms with Crippen LogP contribution >= 0.6 is 0 Å². The summed E-state index contributed by atoms with van der Waals surface area (Å²) in [5.74, 6) is -0.371. The Balaban J connectivity index is 1.69. The summed E-state index contributed by atoms with van der Waals surface area (Å²) in [7, 11) is 0. The van der Waals surface area contributed by atoms with Gasteiger partial charge in [-0.05, 0) is 69.4 Å². The van der Waals surface area contributed by atoms with Gasteiger partial charge in [-0.25, -0.2) is 4.68 Å². The zero-order valence-corrected chi connectivity index (χ0v) is 17.7. The molecule has 0 saturated heterocycles. The molecule has 1 N–H and O–H groups in total. The van der Waals surface area contributed by atoms with Gasteiger partial charge in [0, 0.05) is 22.4 Å². The second kappa shape index (κ2) is 8.68. The van der Waals surface area contributed by atoms with Gasteiger partial charge in [0.2, 0.25) is 5.91 Å². The highest BCUT2D eigenvalue weighted by molar-refractivity contribution is 5.96. The Morgan fingerprint density at radius 2 is 1.61 bits per heavy atom. The fourth-order valence-electron chi connectivity index (χ4n) is 3.99. The molecule has 1 aromatic heterocycles. The molecular formula is C25H25N3O3. The van der Waals surface area contributed by atoms with Crippen molar-refractivity contribution in [1.82, 2.24) is 9.78 Å². The first-order chi connectivity index (χ1) is 15.0. The Kier molecular flexibility index (Phi) is 5.80. The zero-order valence-electron chi connectivity index (χ0n) is 17.7. The summed E-state index contributed by atoms with van der Waals surface area (Å²) in [6.45, 7) is 3.17. The quantitative estimate of drug-likeness (QED) is 0.634. The monoisotopic (exact) mass is 415 g/mol. The number of aromatic nitrogens is 2. The van der Waals surface area contributed by atoms with Gasteiger partial charge in [-0.2, -0.15) is 5.10 Å². The molecule has 0 radical (unpaired) electrons. The van der Waals surface area contributed by atoms with Gasteiger partial charge in [0.15, 0.2) is 5.78 Å². The largest absolute Gasteiger partial charge is 0.324 e. The minimum Gasteiger partial charge on any atom is -0.324 e. The second-order valence-corrected chi connectivity index (χ2v) is 7.93. The van der Waals surface area contributed by atoms with Crippen molar-refractivity contribution in [1.29, 1.82) is 0 Å². The number of carbonyl (C=O) groups excluding carboxylic acids is 2. The minimum absolute atomic E-state index is 0.0375. The van der Waals surface area contributed by atoms with Crippen LogP contribution in [0.25, 0.3) is 11.3 Å². The zero-order chi connectivity index (χ0) is 22.0. The molecule has 0 bridgehead atoms. The number of rotatable bonds is 5. The van der Waals surface area contributed by atoms with Crippen molar-refractivity contribution in [2.75, 3.05) is 5.32 Å². The Bertz CT molecular complexity index is 1180. The van der Waals surface area contributed by atoms with Crippen LogP contribution in [0.3, 0.4) is 0 Å². The number of carbonyl (C=O) groups is 2. The van der Waals surface area contributed by atoms with Crippen LogP contribution in [0.5, 0.6) is 0 Å². The summed E-state index contributed by atoms with van der Waals surface area (Å²) in [4.78, 5) is 37.6. The SMILES string of the molecule is CC(=O)c1ccc(NC(=O)[C@H](C)n2nc(-c3ccccc3)c3c(c2=O)CCCC3)cc1. The number of Topliss-reactive ketones (excluding diaryl/α,β-unsaturated/α-hetero) is 1. The van der Waals surface area contributed by atoms with Crippen molar-refractivity contribution >= 4 is 17.4 Å². The van der Waals surface area contributed by atoms with Gasteiger partial charge in [0.25, 0.3) is 5.56 Å². The molecule has 3 aromatic rings. The van der Waals surface area contributed by atoms with Crippen molar-refractivity contribution in [2.24, 2.45) is 0 Å². The van der Waals surface area contributed by atoms with Gasteiger partial charge in [-0.15, -0.1) is 0 Å². The lowest BCUT2D eigenvalue weighted by Gasteiger charge is -2.22. The van der Waals surface area contributed by atoms with E-state index in [1.165, 1.54) is 11.6 Å². The molecule has 1 amide bonds. The molecule has 1 aliphatic carbocycles. The number of anilines is 1. The Hall–Kier alpha value is -3.54. The average molecular weight is 415 g/mol. The molecule has 158 valence electrons. The highest BCUT2D eigenvalue weighted by Gasteiger charge is 2.25. The van der Waals surface area contributed by atoms with Crippen LogP contribution in [0.2, 0.25) is 0 Å². The first-order valence-corrected chi connectivity index (χ1v) is 10.6. The van der Waals surface area contributed by atoms with Crippen LogP contribution in [0, 0.1) is 0 Å². The Labute approximate surface area is 180 Å². The molecule has 4 rings (SSSR count). The van der Waals surface area contributed by atoms with E-state index in [4.69, 9.17) is 0 Å². The number of nitrogens with zero attached hydrogens (tertiary/aromatic N) is 2. The van der Waals surface area contributed by atoms with E-state index in [0.717, 1.165) is 41.6 Å². The standard InChI is InChI=1S/C25H25N3O3/c1-16(24(30)26-20-14-12-18(13-15-20)17(2)29)28-25(31)22-11-7-6-10-21(22)23(27-28)19-8-4-3-5-9-19/h3-5,8-9,12-16H,6-7,10-11H2,1-2H3,(H,26,30)/t16-/m0/s1. The van der Waals surface area contributed by atoms with Crippen LogP contribution in [0.15, 0.2) is 59.4 Å². The van der Waals surface area contributed by atoms with E-state index < -0.39 is 6.04 Å². The van der Waals surface area contributed by atoms with E-state index in [9.17, 15) is 14.4 Å². The predicted octanol–water partition coefficient (Wildman–Crippen LogP) is 4.19. The number of fused-ring (bicyclic) bond motifs is 1. The van der Waals surface area contributed by atoms with Crippen molar-refractivity contribution in [3.05, 3.63) is 81.6 Å². The van der Waals surface area contributed by atoms with Crippen LogP contribution in [0.1, 0.15) is 54.2 Å². The van der Waals surface area contributed by atoms with E-state index in [0.29, 0.717) is 17.7 Å². The molecular weight excluding hydrogens is 390 g/mol. The normalized spacial score (nSPS) is 13.9. The summed E-state index contributed by atoms with van der Waals surface area (Å²) < 4.78 is 1.31. The molecule has 0 aliphatic heterocycles. The lowest BCUT2D eigenvalue weighted by molar-refractivity contribution is -0.119. The summed E-state index contributed by atoms with van der Waals surface area (Å²) in [5, 5.41) is 7.48. The van der Waals surface area contributed by atoms with Crippen molar-refractivity contribution in [2.45, 2.75) is 45.6 Å². The third-order valence-electron chi connectivity index (χ3n) is 5.78. The summed E-state index contributed by atoms with van der Waals surface area (Å²) in [5.41, 5.74) is 4.45. The average Bonchev–Trinajstić information content (AvgIpc) is 2.80. The van der Waals surface area contributed by atoms with Gasteiger partial charge in [0.05, 0.1) is 5.69 Å². The Morgan fingerprint density at radius 3 is 2.26 bits per heavy atom. The van der Waals surface area contributed by atoms with Gasteiger partial charge in [-0.1, -0.05) is 30.3 Å². The number of amides is 1. The molecule has 0 fully saturated rings. The topological polar surface area (TPSA) is 81.1 Å². The van der Waals surface area contributed by atoms with Gasteiger partial charge in [-0.3, -0.25) is 14.4 Å². The molecule has 6 nitrogen and oxygen atoms in total. The van der Waals surface area contributed by atoms with Gasteiger partial charge in [0.1, 0.15) is 6.04 Å². The minimum atomic E-state index is -0.783. The molecule has 6 heteroatoms. The van der Waals surface area contributed by atoms with Gasteiger partial charge < -0.3 is 5.32 Å². The van der Waals surface area contributed by atoms with Crippen molar-refractivity contribution < 1.29 is 9.59 Å². The van der Waals surface area contributed by atoms with E-state index in [2.05, 4.69) is 10.4 Å². The van der Waals surface area contributed by atoms with E-state index in [1.807, 2.05) is 30.3 Å². The molecule has 0 saturated carbocycles. The third-order valence-corrected chi connectivity index (χ3v) is 5.78. The van der Waals surface area contributed by atoms with Crippen molar-refractivity contribution in [3.8, 4) is 11.3 Å². The number of ketones is 1. The fraction of sp³-hybridized carbons (Fsp3) is 0.280. The highest BCUT2D eigenvalue weighted by Crippen LogP contribution is 2.28. The predicted molar refractivity (Wildman–Crippen MR) is 120 cm³/mol. The highest BCUT2D eigenvalue weighted by atomic mass is 16.2. The number of hydrogen-bond acceptors (Lipinski definition) is 4. The van der Waals surface area contributed by atoms with E-state index in [1.54, 1.807) is 31.2 Å². The molecule has 1 atom stereocenters. The summed E-state index contributed by atoms with van der Waals surface area (Å²) in [6, 6.07) is 15.7. The van der Waals surface area contributed by atoms with Crippen LogP contribution in [-0.2, 0) is 17.6 Å². The maximum Gasteiger partial charge on any atom is 0.271 e. The molecule has 31 heavy (non-hydrogen) atoms. The molecule has 0 unspecified atom stereocenters. The third kappa shape index (κ3) is 4.19. The maximum absolute atomic E-state index is 13.2. The first-order valence-electron chi connectivity index (χ1n) is 10.6. The van der Waals surface area contributed by atoms with Crippen LogP contribution in [0.4, 0.5) is 5.69 Å². The Morgan fingerprint density at radius 1 is 0.968 bits per heavy atom. The smallest absolute Gasteiger partial charge is 0.271 e. The molecule has 1 aliphatic rings. The molecule has 0 spiro atoms. The van der Waals surface area contributed by atoms with Crippen LogP contribution in [-0.4, -0.2) is 21.5 Å². The number of benzene rings is 2. The summed E-state index contributed by atoms with van der Waals surface area (Å²) in [6.07, 6.45) is 3.52. The molecule has 2 aromatic carbocycles. The first kappa shape index (κ1) is 20.7. The number of nitrogens with one attached hydrogen (secondary N) is 1. The fourth-order valence-corrected chi connectivity index (χ4v) is 3.99. The lowest BCUT2D eigenvalue weighted by atomic mass is 9.89.